The van der Waals surface area contributed by atoms with E-state index in [-0.39, 0.29) is 11.8 Å². The van der Waals surface area contributed by atoms with Crippen LogP contribution in [0.2, 0.25) is 0 Å². The van der Waals surface area contributed by atoms with Crippen LogP contribution in [0.5, 0.6) is 5.75 Å². The quantitative estimate of drug-likeness (QED) is 0.392. The van der Waals surface area contributed by atoms with Crippen molar-refractivity contribution in [2.75, 3.05) is 17.2 Å². The summed E-state index contributed by atoms with van der Waals surface area (Å²) in [5.41, 5.74) is 2.41. The maximum absolute atomic E-state index is 12.4. The second-order valence-corrected chi connectivity index (χ2v) is 7.63. The highest BCUT2D eigenvalue weighted by Crippen LogP contribution is 2.18. The Balaban J connectivity index is 1.55. The van der Waals surface area contributed by atoms with Crippen LogP contribution < -0.4 is 15.4 Å². The van der Waals surface area contributed by atoms with Crippen LogP contribution in [0.3, 0.4) is 0 Å². The van der Waals surface area contributed by atoms with E-state index in [1.165, 1.54) is 0 Å². The summed E-state index contributed by atoms with van der Waals surface area (Å²) in [7, 11) is 0. The minimum absolute atomic E-state index is 0.194. The molecule has 0 aliphatic carbocycles. The van der Waals surface area contributed by atoms with Gasteiger partial charge in [-0.05, 0) is 79.2 Å². The Kier molecular flexibility index (Phi) is 7.63. The van der Waals surface area contributed by atoms with Gasteiger partial charge in [0.05, 0.1) is 6.61 Å². The lowest BCUT2D eigenvalue weighted by atomic mass is 10.2. The van der Waals surface area contributed by atoms with Crippen LogP contribution in [0.25, 0.3) is 0 Å². The molecule has 0 spiro atoms. The van der Waals surface area contributed by atoms with Crippen molar-refractivity contribution < 1.29 is 14.3 Å². The minimum Gasteiger partial charge on any atom is -0.494 e. The van der Waals surface area contributed by atoms with Crippen molar-refractivity contribution in [3.63, 3.8) is 0 Å². The molecule has 30 heavy (non-hydrogen) atoms. The van der Waals surface area contributed by atoms with E-state index < -0.39 is 0 Å². The van der Waals surface area contributed by atoms with Gasteiger partial charge in [0, 0.05) is 27.0 Å². The smallest absolute Gasteiger partial charge is 0.255 e. The summed E-state index contributed by atoms with van der Waals surface area (Å²) in [6.45, 7) is 2.78. The number of anilines is 2. The Morgan fingerprint density at radius 2 is 1.23 bits per heavy atom. The molecule has 6 heteroatoms. The van der Waals surface area contributed by atoms with E-state index >= 15 is 0 Å². The minimum atomic E-state index is -0.207. The first-order chi connectivity index (χ1) is 14.5. The second-order valence-electron chi connectivity index (χ2n) is 6.72. The summed E-state index contributed by atoms with van der Waals surface area (Å²) < 4.78 is 6.53. The zero-order valence-corrected chi connectivity index (χ0v) is 18.2. The molecular weight excluding hydrogens is 444 g/mol. The molecule has 0 aliphatic rings. The summed E-state index contributed by atoms with van der Waals surface area (Å²) in [6, 6.07) is 21.2. The normalized spacial score (nSPS) is 10.3. The van der Waals surface area contributed by atoms with Crippen molar-refractivity contribution in [2.45, 2.75) is 19.8 Å². The summed E-state index contributed by atoms with van der Waals surface area (Å²) in [4.78, 5) is 24.7. The van der Waals surface area contributed by atoms with Gasteiger partial charge in [0.15, 0.2) is 0 Å². The number of nitrogens with one attached hydrogen (secondary N) is 2. The van der Waals surface area contributed by atoms with Gasteiger partial charge in [-0.15, -0.1) is 0 Å². The van der Waals surface area contributed by atoms with Crippen molar-refractivity contribution in [2.24, 2.45) is 0 Å². The molecule has 5 nitrogen and oxygen atoms in total. The van der Waals surface area contributed by atoms with E-state index in [4.69, 9.17) is 4.74 Å². The van der Waals surface area contributed by atoms with Crippen LogP contribution in [0.1, 0.15) is 40.5 Å². The third kappa shape index (κ3) is 6.19. The summed E-state index contributed by atoms with van der Waals surface area (Å²) in [5.74, 6) is 0.355. The maximum atomic E-state index is 12.4. The predicted molar refractivity (Wildman–Crippen MR) is 123 cm³/mol. The van der Waals surface area contributed by atoms with Crippen LogP contribution in [0.4, 0.5) is 11.4 Å². The zero-order valence-electron chi connectivity index (χ0n) is 16.7. The highest BCUT2D eigenvalue weighted by molar-refractivity contribution is 9.10. The Morgan fingerprint density at radius 1 is 0.767 bits per heavy atom. The average Bonchev–Trinajstić information content (AvgIpc) is 2.76. The van der Waals surface area contributed by atoms with Crippen LogP contribution >= 0.6 is 15.9 Å². The van der Waals surface area contributed by atoms with Crippen molar-refractivity contribution >= 4 is 39.1 Å². The molecule has 0 saturated heterocycles. The Labute approximate surface area is 184 Å². The SMILES string of the molecule is CCCCOc1ccc(C(=O)Nc2ccc(NC(=O)c3ccc(Br)cc3)cc2)cc1. The lowest BCUT2D eigenvalue weighted by Crippen LogP contribution is -2.13. The largest absolute Gasteiger partial charge is 0.494 e. The van der Waals surface area contributed by atoms with Crippen LogP contribution in [0, 0.1) is 0 Å². The third-order valence-corrected chi connectivity index (χ3v) is 4.92. The number of hydrogen-bond donors (Lipinski definition) is 2. The van der Waals surface area contributed by atoms with Crippen molar-refractivity contribution in [3.05, 3.63) is 88.4 Å². The molecule has 154 valence electrons. The van der Waals surface area contributed by atoms with Crippen molar-refractivity contribution in [1.29, 1.82) is 0 Å². The van der Waals surface area contributed by atoms with Crippen LogP contribution in [0.15, 0.2) is 77.3 Å². The number of carbonyl (C=O) groups excluding carboxylic acids is 2. The molecule has 0 fully saturated rings. The van der Waals surface area contributed by atoms with Gasteiger partial charge in [-0.1, -0.05) is 29.3 Å². The first-order valence-electron chi connectivity index (χ1n) is 9.76. The number of benzene rings is 3. The number of ether oxygens (including phenoxy) is 1. The van der Waals surface area contributed by atoms with Gasteiger partial charge in [0.1, 0.15) is 5.75 Å². The Hall–Kier alpha value is -3.12. The molecule has 2 N–H and O–H groups in total. The van der Waals surface area contributed by atoms with Gasteiger partial charge in [-0.2, -0.15) is 0 Å². The summed E-state index contributed by atoms with van der Waals surface area (Å²) in [5, 5.41) is 5.69. The number of carbonyl (C=O) groups is 2. The molecule has 3 rings (SSSR count). The fourth-order valence-corrected chi connectivity index (χ4v) is 2.95. The molecule has 0 aromatic heterocycles. The molecule has 0 bridgehead atoms. The van der Waals surface area contributed by atoms with Gasteiger partial charge in [-0.25, -0.2) is 0 Å². The number of rotatable bonds is 8. The first kappa shape index (κ1) is 21.6. The molecule has 3 aromatic carbocycles. The van der Waals surface area contributed by atoms with Crippen molar-refractivity contribution in [3.8, 4) is 5.75 Å². The Bertz CT molecular complexity index is 984. The first-order valence-corrected chi connectivity index (χ1v) is 10.6. The lowest BCUT2D eigenvalue weighted by molar-refractivity contribution is 0.101. The zero-order chi connectivity index (χ0) is 21.3. The highest BCUT2D eigenvalue weighted by Gasteiger charge is 2.08. The van der Waals surface area contributed by atoms with E-state index in [0.29, 0.717) is 29.1 Å². The molecular formula is C24H23BrN2O3. The number of amides is 2. The predicted octanol–water partition coefficient (Wildman–Crippen LogP) is 6.13. The number of unbranched alkanes of at least 4 members (excludes halogenated alkanes) is 1. The topological polar surface area (TPSA) is 67.4 Å². The lowest BCUT2D eigenvalue weighted by Gasteiger charge is -2.09. The molecule has 0 radical (unpaired) electrons. The fourth-order valence-electron chi connectivity index (χ4n) is 2.68. The van der Waals surface area contributed by atoms with E-state index in [0.717, 1.165) is 23.1 Å². The highest BCUT2D eigenvalue weighted by atomic mass is 79.9. The molecule has 0 unspecified atom stereocenters. The third-order valence-electron chi connectivity index (χ3n) is 4.39. The number of halogens is 1. The fraction of sp³-hybridized carbons (Fsp3) is 0.167. The summed E-state index contributed by atoms with van der Waals surface area (Å²) >= 11 is 3.35. The summed E-state index contributed by atoms with van der Waals surface area (Å²) in [6.07, 6.45) is 2.08. The maximum Gasteiger partial charge on any atom is 0.255 e. The van der Waals surface area contributed by atoms with Gasteiger partial charge in [-0.3, -0.25) is 9.59 Å². The molecule has 2 amide bonds. The monoisotopic (exact) mass is 466 g/mol. The van der Waals surface area contributed by atoms with E-state index in [9.17, 15) is 9.59 Å². The van der Waals surface area contributed by atoms with Gasteiger partial charge < -0.3 is 15.4 Å². The van der Waals surface area contributed by atoms with Crippen LogP contribution in [-0.2, 0) is 0 Å². The number of hydrogen-bond acceptors (Lipinski definition) is 3. The van der Waals surface area contributed by atoms with Gasteiger partial charge >= 0.3 is 0 Å². The molecule has 3 aromatic rings. The van der Waals surface area contributed by atoms with Gasteiger partial charge in [0.2, 0.25) is 0 Å². The van der Waals surface area contributed by atoms with E-state index in [1.54, 1.807) is 60.7 Å². The molecule has 0 saturated carbocycles. The average molecular weight is 467 g/mol. The van der Waals surface area contributed by atoms with Gasteiger partial charge in [0.25, 0.3) is 11.8 Å². The second kappa shape index (κ2) is 10.6. The van der Waals surface area contributed by atoms with E-state index in [1.807, 2.05) is 12.1 Å². The molecule has 0 aliphatic heterocycles. The van der Waals surface area contributed by atoms with E-state index in [2.05, 4.69) is 33.5 Å². The molecule has 0 heterocycles. The molecule has 0 atom stereocenters. The standard InChI is InChI=1S/C24H23BrN2O3/c1-2-3-16-30-22-14-6-18(7-15-22)24(29)27-21-12-10-20(11-13-21)26-23(28)17-4-8-19(25)9-5-17/h4-15H,2-3,16H2,1H3,(H,26,28)(H,27,29). The van der Waals surface area contributed by atoms with Crippen LogP contribution in [-0.4, -0.2) is 18.4 Å². The Morgan fingerprint density at radius 3 is 1.70 bits per heavy atom. The van der Waals surface area contributed by atoms with Crippen molar-refractivity contribution in [1.82, 2.24) is 0 Å².